The Bertz CT molecular complexity index is 947. The Morgan fingerprint density at radius 3 is 2.35 bits per heavy atom. The van der Waals surface area contributed by atoms with E-state index in [0.717, 1.165) is 22.0 Å². The van der Waals surface area contributed by atoms with E-state index in [1.807, 2.05) is 68.6 Å². The molecule has 1 heterocycles. The number of hydrogen-bond donors (Lipinski definition) is 2. The summed E-state index contributed by atoms with van der Waals surface area (Å²) in [6.45, 7) is 4.91. The minimum atomic E-state index is -3.50. The van der Waals surface area contributed by atoms with Crippen molar-refractivity contribution in [3.8, 4) is 0 Å². The lowest BCUT2D eigenvalue weighted by molar-refractivity contribution is 0.434. The zero-order chi connectivity index (χ0) is 18.6. The van der Waals surface area contributed by atoms with Gasteiger partial charge in [-0.2, -0.15) is 12.7 Å². The average molecular weight is 372 g/mol. The third-order valence-corrected chi connectivity index (χ3v) is 6.44. The van der Waals surface area contributed by atoms with E-state index < -0.39 is 10.2 Å². The maximum Gasteiger partial charge on any atom is 0.279 e. The number of rotatable bonds is 8. The molecule has 0 amide bonds. The molecule has 0 aliphatic rings. The molecule has 26 heavy (non-hydrogen) atoms. The molecule has 5 nitrogen and oxygen atoms in total. The fourth-order valence-electron chi connectivity index (χ4n) is 3.32. The van der Waals surface area contributed by atoms with Gasteiger partial charge in [0, 0.05) is 42.7 Å². The van der Waals surface area contributed by atoms with Gasteiger partial charge in [0.1, 0.15) is 0 Å². The van der Waals surface area contributed by atoms with Gasteiger partial charge in [0.15, 0.2) is 0 Å². The van der Waals surface area contributed by atoms with E-state index in [1.165, 1.54) is 4.31 Å². The number of H-pyrrole nitrogens is 1. The molecule has 3 rings (SSSR count). The summed E-state index contributed by atoms with van der Waals surface area (Å²) < 4.78 is 29.4. The smallest absolute Gasteiger partial charge is 0.279 e. The highest BCUT2D eigenvalue weighted by molar-refractivity contribution is 7.87. The highest BCUT2D eigenvalue weighted by Crippen LogP contribution is 2.30. The number of nitrogens with zero attached hydrogens (tertiary/aromatic N) is 1. The molecule has 2 N–H and O–H groups in total. The number of nitrogens with one attached hydrogen (secondary N) is 2. The Labute approximate surface area is 155 Å². The zero-order valence-corrected chi connectivity index (χ0v) is 16.0. The van der Waals surface area contributed by atoms with Crippen LogP contribution in [-0.4, -0.2) is 37.3 Å². The summed E-state index contributed by atoms with van der Waals surface area (Å²) in [6.07, 6.45) is 1.98. The molecular weight excluding hydrogens is 346 g/mol. The molecule has 0 bridgehead atoms. The standard InChI is InChI=1S/C20H25N3O2S/c1-3-23(4-2)26(24,25)22-15-18(16-10-6-5-7-11-16)19-14-21-20-13-9-8-12-17(19)20/h5-14,18,21-22H,3-4,15H2,1-2H3. The van der Waals surface area contributed by atoms with Crippen LogP contribution in [0, 0.1) is 0 Å². The van der Waals surface area contributed by atoms with Crippen LogP contribution in [0.15, 0.2) is 60.8 Å². The van der Waals surface area contributed by atoms with E-state index >= 15 is 0 Å². The van der Waals surface area contributed by atoms with Gasteiger partial charge in [0.25, 0.3) is 10.2 Å². The first-order valence-corrected chi connectivity index (χ1v) is 10.4. The SMILES string of the molecule is CCN(CC)S(=O)(=O)NCC(c1ccccc1)c1c[nH]c2ccccc12. The lowest BCUT2D eigenvalue weighted by Crippen LogP contribution is -2.42. The number of fused-ring (bicyclic) bond motifs is 1. The Kier molecular flexibility index (Phi) is 5.76. The van der Waals surface area contributed by atoms with E-state index in [9.17, 15) is 8.42 Å². The maximum atomic E-state index is 12.6. The normalized spacial score (nSPS) is 13.3. The number of aromatic nitrogens is 1. The van der Waals surface area contributed by atoms with E-state index in [1.54, 1.807) is 0 Å². The molecule has 2 aromatic carbocycles. The number of aromatic amines is 1. The Morgan fingerprint density at radius 2 is 1.65 bits per heavy atom. The van der Waals surface area contributed by atoms with Crippen LogP contribution in [0.5, 0.6) is 0 Å². The second-order valence-corrected chi connectivity index (χ2v) is 7.95. The van der Waals surface area contributed by atoms with Crippen LogP contribution < -0.4 is 4.72 Å². The van der Waals surface area contributed by atoms with Crippen LogP contribution in [0.25, 0.3) is 10.9 Å². The molecule has 0 aliphatic carbocycles. The number of para-hydroxylation sites is 1. The molecule has 0 saturated carbocycles. The minimum Gasteiger partial charge on any atom is -0.361 e. The van der Waals surface area contributed by atoms with Crippen LogP contribution in [-0.2, 0) is 10.2 Å². The lowest BCUT2D eigenvalue weighted by atomic mass is 9.91. The highest BCUT2D eigenvalue weighted by atomic mass is 32.2. The van der Waals surface area contributed by atoms with Gasteiger partial charge in [-0.25, -0.2) is 4.72 Å². The second-order valence-electron chi connectivity index (χ2n) is 6.19. The summed E-state index contributed by atoms with van der Waals surface area (Å²) in [7, 11) is -3.50. The molecule has 3 aromatic rings. The quantitative estimate of drug-likeness (QED) is 0.637. The van der Waals surface area contributed by atoms with Crippen LogP contribution in [0.2, 0.25) is 0 Å². The van der Waals surface area contributed by atoms with E-state index in [0.29, 0.717) is 19.6 Å². The molecule has 0 aliphatic heterocycles. The summed E-state index contributed by atoms with van der Waals surface area (Å²) in [5.41, 5.74) is 3.23. The van der Waals surface area contributed by atoms with Gasteiger partial charge < -0.3 is 4.98 Å². The lowest BCUT2D eigenvalue weighted by Gasteiger charge is -2.22. The van der Waals surface area contributed by atoms with Crippen molar-refractivity contribution in [3.05, 3.63) is 71.9 Å². The van der Waals surface area contributed by atoms with Crippen LogP contribution >= 0.6 is 0 Å². The highest BCUT2D eigenvalue weighted by Gasteiger charge is 2.23. The Hall–Kier alpha value is -2.15. The summed E-state index contributed by atoms with van der Waals surface area (Å²) in [6, 6.07) is 18.1. The summed E-state index contributed by atoms with van der Waals surface area (Å²) >= 11 is 0. The first kappa shape index (κ1) is 18.6. The van der Waals surface area contributed by atoms with Crippen molar-refractivity contribution in [1.29, 1.82) is 0 Å². The number of hydrogen-bond acceptors (Lipinski definition) is 2. The van der Waals surface area contributed by atoms with Crippen molar-refractivity contribution in [1.82, 2.24) is 14.0 Å². The number of benzene rings is 2. The first-order chi connectivity index (χ1) is 12.6. The molecule has 0 fully saturated rings. The second kappa shape index (κ2) is 8.03. The molecule has 1 atom stereocenters. The van der Waals surface area contributed by atoms with Gasteiger partial charge in [0.05, 0.1) is 0 Å². The minimum absolute atomic E-state index is 0.0716. The third kappa shape index (κ3) is 3.82. The van der Waals surface area contributed by atoms with Crippen molar-refractivity contribution in [2.45, 2.75) is 19.8 Å². The topological polar surface area (TPSA) is 65.2 Å². The molecule has 0 radical (unpaired) electrons. The Balaban J connectivity index is 1.95. The molecule has 6 heteroatoms. The zero-order valence-electron chi connectivity index (χ0n) is 15.1. The average Bonchev–Trinajstić information content (AvgIpc) is 3.08. The largest absolute Gasteiger partial charge is 0.361 e. The van der Waals surface area contributed by atoms with Crippen LogP contribution in [0.1, 0.15) is 30.9 Å². The monoisotopic (exact) mass is 371 g/mol. The van der Waals surface area contributed by atoms with Gasteiger partial charge in [-0.1, -0.05) is 62.4 Å². The van der Waals surface area contributed by atoms with Gasteiger partial charge in [-0.3, -0.25) is 0 Å². The van der Waals surface area contributed by atoms with Gasteiger partial charge >= 0.3 is 0 Å². The molecule has 1 unspecified atom stereocenters. The van der Waals surface area contributed by atoms with Crippen molar-refractivity contribution < 1.29 is 8.42 Å². The Morgan fingerprint density at radius 1 is 1.00 bits per heavy atom. The molecule has 1 aromatic heterocycles. The fraction of sp³-hybridized carbons (Fsp3) is 0.300. The first-order valence-electron chi connectivity index (χ1n) is 8.92. The van der Waals surface area contributed by atoms with E-state index in [2.05, 4.69) is 15.8 Å². The van der Waals surface area contributed by atoms with E-state index in [-0.39, 0.29) is 5.92 Å². The summed E-state index contributed by atoms with van der Waals surface area (Å²) in [5, 5.41) is 1.11. The molecular formula is C20H25N3O2S. The van der Waals surface area contributed by atoms with Crippen molar-refractivity contribution in [3.63, 3.8) is 0 Å². The van der Waals surface area contributed by atoms with Crippen LogP contribution in [0.3, 0.4) is 0 Å². The molecule has 0 spiro atoms. The van der Waals surface area contributed by atoms with Gasteiger partial charge in [-0.05, 0) is 17.2 Å². The van der Waals surface area contributed by atoms with Crippen LogP contribution in [0.4, 0.5) is 0 Å². The van der Waals surface area contributed by atoms with Crippen molar-refractivity contribution in [2.24, 2.45) is 0 Å². The summed E-state index contributed by atoms with van der Waals surface area (Å²) in [4.78, 5) is 3.29. The predicted molar refractivity (Wildman–Crippen MR) is 106 cm³/mol. The van der Waals surface area contributed by atoms with E-state index in [4.69, 9.17) is 0 Å². The maximum absolute atomic E-state index is 12.6. The van der Waals surface area contributed by atoms with Gasteiger partial charge in [0.2, 0.25) is 0 Å². The summed E-state index contributed by atoms with van der Waals surface area (Å²) in [5.74, 6) is -0.0716. The molecule has 138 valence electrons. The van der Waals surface area contributed by atoms with Gasteiger partial charge in [-0.15, -0.1) is 0 Å². The molecule has 0 saturated heterocycles. The fourth-order valence-corrected chi connectivity index (χ4v) is 4.56. The van der Waals surface area contributed by atoms with Crippen molar-refractivity contribution in [2.75, 3.05) is 19.6 Å². The third-order valence-electron chi connectivity index (χ3n) is 4.71. The van der Waals surface area contributed by atoms with Crippen molar-refractivity contribution >= 4 is 21.1 Å². The predicted octanol–water partition coefficient (Wildman–Crippen LogP) is 3.48.